The molecule has 5 heteroatoms. The van der Waals surface area contributed by atoms with Crippen LogP contribution in [0.4, 0.5) is 0 Å². The van der Waals surface area contributed by atoms with Crippen molar-refractivity contribution in [3.63, 3.8) is 0 Å². The predicted octanol–water partition coefficient (Wildman–Crippen LogP) is 2.82. The molecule has 0 atom stereocenters. The Morgan fingerprint density at radius 3 is 2.70 bits per heavy atom. The average molecular weight is 308 g/mol. The Balaban J connectivity index is 1.94. The molecule has 0 fully saturated rings. The summed E-state index contributed by atoms with van der Waals surface area (Å²) in [5.74, 6) is -0.0974. The van der Waals surface area contributed by atoms with Crippen LogP contribution in [0.15, 0.2) is 30.3 Å². The van der Waals surface area contributed by atoms with Crippen molar-refractivity contribution in [1.82, 2.24) is 20.1 Å². The molecule has 3 rings (SSSR count). The molecule has 0 aliphatic rings. The molecular weight excluding hydrogens is 288 g/mol. The molecule has 118 valence electrons. The summed E-state index contributed by atoms with van der Waals surface area (Å²) in [5, 5.41) is 8.21. The molecule has 0 unspecified atom stereocenters. The number of nitrogens with zero attached hydrogens (tertiary/aromatic N) is 3. The Hall–Kier alpha value is -2.69. The quantitative estimate of drug-likeness (QED) is 0.809. The van der Waals surface area contributed by atoms with Gasteiger partial charge in [0.15, 0.2) is 5.65 Å². The first kappa shape index (κ1) is 15.2. The molecule has 0 saturated heterocycles. The maximum atomic E-state index is 12.7. The van der Waals surface area contributed by atoms with Gasteiger partial charge in [0, 0.05) is 19.3 Å². The molecular formula is C18H20N4O. The number of nitrogens with one attached hydrogen (secondary N) is 1. The van der Waals surface area contributed by atoms with Crippen molar-refractivity contribution in [3.8, 4) is 0 Å². The second kappa shape index (κ2) is 5.83. The van der Waals surface area contributed by atoms with Crippen LogP contribution in [0.5, 0.6) is 0 Å². The molecule has 0 spiro atoms. The van der Waals surface area contributed by atoms with Crippen molar-refractivity contribution in [3.05, 3.63) is 58.4 Å². The highest BCUT2D eigenvalue weighted by molar-refractivity contribution is 6.06. The Morgan fingerprint density at radius 1 is 1.22 bits per heavy atom. The first-order valence-corrected chi connectivity index (χ1v) is 7.61. The molecule has 2 heterocycles. The van der Waals surface area contributed by atoms with Crippen molar-refractivity contribution in [1.29, 1.82) is 0 Å². The van der Waals surface area contributed by atoms with Crippen LogP contribution in [0.25, 0.3) is 11.0 Å². The van der Waals surface area contributed by atoms with Crippen LogP contribution in [-0.4, -0.2) is 20.7 Å². The number of pyridine rings is 1. The third-order valence-corrected chi connectivity index (χ3v) is 4.04. The van der Waals surface area contributed by atoms with Crippen LogP contribution in [0.3, 0.4) is 0 Å². The first-order chi connectivity index (χ1) is 11.0. The number of hydrogen-bond donors (Lipinski definition) is 1. The van der Waals surface area contributed by atoms with Crippen LogP contribution >= 0.6 is 0 Å². The van der Waals surface area contributed by atoms with E-state index in [0.29, 0.717) is 12.1 Å². The topological polar surface area (TPSA) is 59.8 Å². The number of aryl methyl sites for hydroxylation is 4. The van der Waals surface area contributed by atoms with Gasteiger partial charge >= 0.3 is 0 Å². The van der Waals surface area contributed by atoms with E-state index < -0.39 is 0 Å². The lowest BCUT2D eigenvalue weighted by atomic mass is 10.1. The van der Waals surface area contributed by atoms with Gasteiger partial charge in [-0.1, -0.05) is 24.3 Å². The molecule has 0 aliphatic carbocycles. The standard InChI is InChI=1S/C18H20N4O/c1-11-7-5-6-8-14(11)10-19-18(23)15-9-12(2)20-17-16(15)13(3)21-22(17)4/h5-9H,10H2,1-4H3,(H,19,23). The van der Waals surface area contributed by atoms with Crippen LogP contribution in [0.1, 0.15) is 32.9 Å². The highest BCUT2D eigenvalue weighted by Crippen LogP contribution is 2.21. The van der Waals surface area contributed by atoms with E-state index in [9.17, 15) is 4.79 Å². The van der Waals surface area contributed by atoms with Gasteiger partial charge in [-0.3, -0.25) is 9.48 Å². The minimum atomic E-state index is -0.0974. The van der Waals surface area contributed by atoms with Crippen LogP contribution in [0, 0.1) is 20.8 Å². The smallest absolute Gasteiger partial charge is 0.252 e. The second-order valence-corrected chi connectivity index (χ2v) is 5.83. The van der Waals surface area contributed by atoms with Crippen LogP contribution in [-0.2, 0) is 13.6 Å². The molecule has 1 amide bonds. The van der Waals surface area contributed by atoms with Crippen molar-refractivity contribution < 1.29 is 4.79 Å². The van der Waals surface area contributed by atoms with Gasteiger partial charge in [-0.2, -0.15) is 5.10 Å². The normalized spacial score (nSPS) is 11.0. The molecule has 1 N–H and O–H groups in total. The highest BCUT2D eigenvalue weighted by atomic mass is 16.1. The summed E-state index contributed by atoms with van der Waals surface area (Å²) in [6.07, 6.45) is 0. The number of amides is 1. The fraction of sp³-hybridized carbons (Fsp3) is 0.278. The number of carbonyl (C=O) groups excluding carboxylic acids is 1. The van der Waals surface area contributed by atoms with Crippen LogP contribution < -0.4 is 5.32 Å². The van der Waals surface area contributed by atoms with Crippen molar-refractivity contribution >= 4 is 16.9 Å². The average Bonchev–Trinajstić information content (AvgIpc) is 2.80. The van der Waals surface area contributed by atoms with Crippen molar-refractivity contribution in [2.45, 2.75) is 27.3 Å². The van der Waals surface area contributed by atoms with E-state index in [1.807, 2.05) is 58.2 Å². The van der Waals surface area contributed by atoms with Gasteiger partial charge in [-0.15, -0.1) is 0 Å². The Kier molecular flexibility index (Phi) is 3.86. The van der Waals surface area contributed by atoms with E-state index in [0.717, 1.165) is 28.0 Å². The van der Waals surface area contributed by atoms with Gasteiger partial charge < -0.3 is 5.32 Å². The minimum absolute atomic E-state index is 0.0974. The van der Waals surface area contributed by atoms with Gasteiger partial charge in [-0.05, 0) is 38.0 Å². The minimum Gasteiger partial charge on any atom is -0.348 e. The molecule has 5 nitrogen and oxygen atoms in total. The molecule has 0 radical (unpaired) electrons. The monoisotopic (exact) mass is 308 g/mol. The third-order valence-electron chi connectivity index (χ3n) is 4.04. The lowest BCUT2D eigenvalue weighted by molar-refractivity contribution is 0.0952. The van der Waals surface area contributed by atoms with E-state index in [2.05, 4.69) is 15.4 Å². The summed E-state index contributed by atoms with van der Waals surface area (Å²) in [7, 11) is 1.84. The predicted molar refractivity (Wildman–Crippen MR) is 90.3 cm³/mol. The fourth-order valence-electron chi connectivity index (χ4n) is 2.83. The lowest BCUT2D eigenvalue weighted by Crippen LogP contribution is -2.23. The second-order valence-electron chi connectivity index (χ2n) is 5.83. The molecule has 2 aromatic heterocycles. The van der Waals surface area contributed by atoms with E-state index in [-0.39, 0.29) is 5.91 Å². The molecule has 3 aromatic rings. The lowest BCUT2D eigenvalue weighted by Gasteiger charge is -2.09. The molecule has 1 aromatic carbocycles. The molecule has 23 heavy (non-hydrogen) atoms. The Bertz CT molecular complexity index is 895. The summed E-state index contributed by atoms with van der Waals surface area (Å²) < 4.78 is 1.72. The van der Waals surface area contributed by atoms with Gasteiger partial charge in [0.1, 0.15) is 0 Å². The molecule has 0 saturated carbocycles. The van der Waals surface area contributed by atoms with Gasteiger partial charge in [0.2, 0.25) is 0 Å². The Morgan fingerprint density at radius 2 is 1.96 bits per heavy atom. The van der Waals surface area contributed by atoms with Crippen LogP contribution in [0.2, 0.25) is 0 Å². The van der Waals surface area contributed by atoms with Gasteiger partial charge in [-0.25, -0.2) is 4.98 Å². The number of carbonyl (C=O) groups is 1. The summed E-state index contributed by atoms with van der Waals surface area (Å²) in [6.45, 7) is 6.34. The summed E-state index contributed by atoms with van der Waals surface area (Å²) in [5.41, 5.74) is 5.28. The summed E-state index contributed by atoms with van der Waals surface area (Å²) in [6, 6.07) is 9.87. The zero-order valence-corrected chi connectivity index (χ0v) is 13.8. The van der Waals surface area contributed by atoms with E-state index in [4.69, 9.17) is 0 Å². The number of hydrogen-bond acceptors (Lipinski definition) is 3. The number of rotatable bonds is 3. The third kappa shape index (κ3) is 2.82. The van der Waals surface area contributed by atoms with E-state index in [1.54, 1.807) is 4.68 Å². The van der Waals surface area contributed by atoms with E-state index >= 15 is 0 Å². The van der Waals surface area contributed by atoms with E-state index in [1.165, 1.54) is 5.56 Å². The largest absolute Gasteiger partial charge is 0.348 e. The summed E-state index contributed by atoms with van der Waals surface area (Å²) in [4.78, 5) is 17.2. The highest BCUT2D eigenvalue weighted by Gasteiger charge is 2.17. The molecule has 0 aliphatic heterocycles. The number of fused-ring (bicyclic) bond motifs is 1. The zero-order valence-electron chi connectivity index (χ0n) is 13.8. The summed E-state index contributed by atoms with van der Waals surface area (Å²) >= 11 is 0. The zero-order chi connectivity index (χ0) is 16.6. The molecule has 0 bridgehead atoms. The first-order valence-electron chi connectivity index (χ1n) is 7.61. The maximum Gasteiger partial charge on any atom is 0.252 e. The fourth-order valence-corrected chi connectivity index (χ4v) is 2.83. The maximum absolute atomic E-state index is 12.7. The van der Waals surface area contributed by atoms with Crippen molar-refractivity contribution in [2.24, 2.45) is 7.05 Å². The van der Waals surface area contributed by atoms with Gasteiger partial charge in [0.25, 0.3) is 5.91 Å². The number of aromatic nitrogens is 3. The van der Waals surface area contributed by atoms with Gasteiger partial charge in [0.05, 0.1) is 16.6 Å². The van der Waals surface area contributed by atoms with Crippen molar-refractivity contribution in [2.75, 3.05) is 0 Å². The Labute approximate surface area is 135 Å². The SMILES string of the molecule is Cc1cc(C(=O)NCc2ccccc2C)c2c(C)nn(C)c2n1. The number of benzene rings is 1.